The van der Waals surface area contributed by atoms with Crippen molar-refractivity contribution in [1.82, 2.24) is 10.3 Å². The van der Waals surface area contributed by atoms with Gasteiger partial charge in [-0.2, -0.15) is 0 Å². The summed E-state index contributed by atoms with van der Waals surface area (Å²) < 4.78 is 26.6. The van der Waals surface area contributed by atoms with E-state index in [9.17, 15) is 18.0 Å². The quantitative estimate of drug-likeness (QED) is 0.545. The Hall–Kier alpha value is -2.68. The predicted molar refractivity (Wildman–Crippen MR) is 128 cm³/mol. The third-order valence-corrected chi connectivity index (χ3v) is 10.0. The summed E-state index contributed by atoms with van der Waals surface area (Å²) in [5.41, 5.74) is 5.26. The Bertz CT molecular complexity index is 1230. The van der Waals surface area contributed by atoms with Gasteiger partial charge in [0.2, 0.25) is 22.7 Å². The Morgan fingerprint density at radius 1 is 1.06 bits per heavy atom. The number of pyridine rings is 1. The summed E-state index contributed by atoms with van der Waals surface area (Å²) in [5.74, 6) is 0.494. The number of primary amides is 1. The molecule has 0 aliphatic heterocycles. The van der Waals surface area contributed by atoms with Gasteiger partial charge in [-0.05, 0) is 81.3 Å². The molecule has 8 nitrogen and oxygen atoms in total. The number of nitrogens with zero attached hydrogens (tertiary/aromatic N) is 2. The topological polar surface area (TPSA) is 122 Å². The number of amides is 2. The summed E-state index contributed by atoms with van der Waals surface area (Å²) in [7, 11) is -3.07. The Labute approximate surface area is 200 Å². The molecule has 180 valence electrons. The summed E-state index contributed by atoms with van der Waals surface area (Å²) in [6.07, 6.45) is 7.68. The van der Waals surface area contributed by atoms with Crippen LogP contribution in [0.25, 0.3) is 10.9 Å². The highest BCUT2D eigenvalue weighted by atomic mass is 32.2. The van der Waals surface area contributed by atoms with E-state index in [4.69, 9.17) is 5.73 Å². The molecule has 0 radical (unpaired) electrons. The largest absolute Gasteiger partial charge is 0.369 e. The van der Waals surface area contributed by atoms with Gasteiger partial charge in [0.15, 0.2) is 0 Å². The number of hydrogen-bond donors (Lipinski definition) is 3. The fraction of sp³-hybridized carbons (Fsp3) is 0.560. The summed E-state index contributed by atoms with van der Waals surface area (Å²) in [6, 6.07) is 9.08. The number of thiol groups is 1. The maximum atomic E-state index is 13.9. The van der Waals surface area contributed by atoms with Crippen LogP contribution in [-0.2, 0) is 20.5 Å². The van der Waals surface area contributed by atoms with Crippen LogP contribution in [0.5, 0.6) is 0 Å². The molecule has 0 spiro atoms. The maximum absolute atomic E-state index is 13.9. The molecule has 5 saturated carbocycles. The first-order chi connectivity index (χ1) is 16.3. The van der Waals surface area contributed by atoms with Crippen molar-refractivity contribution in [3.63, 3.8) is 0 Å². The number of benzene rings is 1. The van der Waals surface area contributed by atoms with Gasteiger partial charge >= 0.3 is 0 Å². The third-order valence-electron chi connectivity index (χ3n) is 9.11. The lowest BCUT2D eigenvalue weighted by Gasteiger charge is -2.59. The van der Waals surface area contributed by atoms with E-state index in [1.807, 2.05) is 18.2 Å². The van der Waals surface area contributed by atoms with E-state index in [2.05, 4.69) is 10.3 Å². The Morgan fingerprint density at radius 3 is 2.38 bits per heavy atom. The zero-order valence-corrected chi connectivity index (χ0v) is 19.9. The monoisotopic (exact) mass is 482 g/mol. The van der Waals surface area contributed by atoms with Gasteiger partial charge in [-0.15, -0.1) is 0 Å². The Balaban J connectivity index is 1.32. The molecule has 7 rings (SSSR count). The number of nitrogens with one attached hydrogen (secondary N) is 1. The van der Waals surface area contributed by atoms with E-state index in [0.29, 0.717) is 30.0 Å². The Morgan fingerprint density at radius 2 is 1.76 bits per heavy atom. The van der Waals surface area contributed by atoms with Crippen LogP contribution in [0.15, 0.2) is 36.5 Å². The van der Waals surface area contributed by atoms with Crippen LogP contribution in [0.2, 0.25) is 0 Å². The number of carbonyl (C=O) groups is 2. The van der Waals surface area contributed by atoms with Gasteiger partial charge in [-0.1, -0.05) is 18.2 Å². The molecule has 5 fully saturated rings. The van der Waals surface area contributed by atoms with Gasteiger partial charge in [-0.3, -0.25) is 18.9 Å². The third kappa shape index (κ3) is 3.08. The second-order valence-corrected chi connectivity index (χ2v) is 11.8. The van der Waals surface area contributed by atoms with Gasteiger partial charge in [0, 0.05) is 23.0 Å². The van der Waals surface area contributed by atoms with Crippen molar-refractivity contribution >= 4 is 39.3 Å². The van der Waals surface area contributed by atoms with Crippen LogP contribution in [0, 0.1) is 23.2 Å². The SMILES string of the molecule is NC(=O)C12CC3CC(C1)C(NC(=O)C1(N(c4cccc5cccnc45)[SH](=O)=O)CCC1)C(C3)C2. The zero-order valence-electron chi connectivity index (χ0n) is 19.0. The smallest absolute Gasteiger partial charge is 0.247 e. The second kappa shape index (κ2) is 7.66. The van der Waals surface area contributed by atoms with Gasteiger partial charge < -0.3 is 11.1 Å². The first-order valence-electron chi connectivity index (χ1n) is 12.2. The van der Waals surface area contributed by atoms with Crippen molar-refractivity contribution in [2.75, 3.05) is 4.31 Å². The molecule has 1 aromatic heterocycles. The highest BCUT2D eigenvalue weighted by Gasteiger charge is 2.59. The summed E-state index contributed by atoms with van der Waals surface area (Å²) in [4.78, 5) is 30.6. The molecule has 0 saturated heterocycles. The first kappa shape index (κ1) is 21.8. The lowest BCUT2D eigenvalue weighted by atomic mass is 9.47. The fourth-order valence-corrected chi connectivity index (χ4v) is 8.57. The fourth-order valence-electron chi connectivity index (χ4n) is 7.63. The summed E-state index contributed by atoms with van der Waals surface area (Å²) in [5, 5.41) is 4.12. The van der Waals surface area contributed by atoms with E-state index in [0.717, 1.165) is 43.9 Å². The zero-order chi connectivity index (χ0) is 23.7. The van der Waals surface area contributed by atoms with Crippen molar-refractivity contribution in [2.24, 2.45) is 28.9 Å². The average Bonchev–Trinajstić information content (AvgIpc) is 2.77. The van der Waals surface area contributed by atoms with Crippen LogP contribution in [0.3, 0.4) is 0 Å². The minimum absolute atomic E-state index is 0.0361. The number of anilines is 1. The van der Waals surface area contributed by atoms with Crippen molar-refractivity contribution < 1.29 is 18.0 Å². The lowest BCUT2D eigenvalue weighted by molar-refractivity contribution is -0.148. The summed E-state index contributed by atoms with van der Waals surface area (Å²) in [6.45, 7) is 0. The minimum Gasteiger partial charge on any atom is -0.369 e. The molecule has 2 aromatic rings. The molecule has 3 N–H and O–H groups in total. The lowest BCUT2D eigenvalue weighted by Crippen LogP contribution is -2.68. The van der Waals surface area contributed by atoms with Crippen molar-refractivity contribution in [1.29, 1.82) is 0 Å². The molecule has 34 heavy (non-hydrogen) atoms. The Kier molecular flexibility index (Phi) is 4.92. The van der Waals surface area contributed by atoms with E-state index in [1.165, 1.54) is 4.31 Å². The number of fused-ring (bicyclic) bond motifs is 1. The number of hydrogen-bond acceptors (Lipinski definition) is 5. The van der Waals surface area contributed by atoms with Crippen molar-refractivity contribution in [3.8, 4) is 0 Å². The standard InChI is InChI=1S/C25H30N4O4S/c26-22(30)24-12-15-10-17(13-24)20(18(11-15)14-24)28-23(31)25(7-3-8-25)29(34(32)33)19-6-1-4-16-5-2-9-27-21(16)19/h1-2,4-6,9,15,17-18,20,34H,3,7-8,10-14H2,(H2,26,30)(H,28,31). The highest BCUT2D eigenvalue weighted by molar-refractivity contribution is 7.74. The molecule has 9 heteroatoms. The van der Waals surface area contributed by atoms with E-state index < -0.39 is 21.8 Å². The molecule has 5 aliphatic rings. The summed E-state index contributed by atoms with van der Waals surface area (Å²) >= 11 is 0. The minimum atomic E-state index is -3.07. The molecule has 2 unspecified atom stereocenters. The van der Waals surface area contributed by atoms with Crippen LogP contribution < -0.4 is 15.4 Å². The van der Waals surface area contributed by atoms with Crippen molar-refractivity contribution in [2.45, 2.75) is 62.9 Å². The number of aromatic nitrogens is 1. The molecule has 1 heterocycles. The van der Waals surface area contributed by atoms with Gasteiger partial charge in [0.25, 0.3) is 0 Å². The molecule has 1 aromatic carbocycles. The number of para-hydroxylation sites is 1. The normalized spacial score (nSPS) is 33.0. The highest BCUT2D eigenvalue weighted by Crippen LogP contribution is 2.60. The second-order valence-electron chi connectivity index (χ2n) is 10.9. The van der Waals surface area contributed by atoms with Gasteiger partial charge in [0.05, 0.1) is 11.2 Å². The molecular formula is C25H30N4O4S. The van der Waals surface area contributed by atoms with Crippen LogP contribution in [-0.4, -0.2) is 36.8 Å². The van der Waals surface area contributed by atoms with Gasteiger partial charge in [-0.25, -0.2) is 8.42 Å². The number of nitrogens with two attached hydrogens (primary N) is 1. The molecule has 2 atom stereocenters. The number of carbonyl (C=O) groups excluding carboxylic acids is 2. The van der Waals surface area contributed by atoms with E-state index in [-0.39, 0.29) is 29.7 Å². The van der Waals surface area contributed by atoms with Crippen LogP contribution >= 0.6 is 0 Å². The van der Waals surface area contributed by atoms with Crippen LogP contribution in [0.1, 0.15) is 51.4 Å². The van der Waals surface area contributed by atoms with Crippen molar-refractivity contribution in [3.05, 3.63) is 36.5 Å². The average molecular weight is 483 g/mol. The predicted octanol–water partition coefficient (Wildman–Crippen LogP) is 2.29. The number of rotatable bonds is 6. The van der Waals surface area contributed by atoms with E-state index >= 15 is 0 Å². The molecular weight excluding hydrogens is 452 g/mol. The first-order valence-corrected chi connectivity index (χ1v) is 13.4. The van der Waals surface area contributed by atoms with E-state index in [1.54, 1.807) is 18.3 Å². The maximum Gasteiger partial charge on any atom is 0.247 e. The molecule has 5 aliphatic carbocycles. The van der Waals surface area contributed by atoms with Gasteiger partial charge in [0.1, 0.15) is 5.54 Å². The molecule has 4 bridgehead atoms. The molecule has 2 amide bonds. The van der Waals surface area contributed by atoms with Crippen LogP contribution in [0.4, 0.5) is 5.69 Å².